The van der Waals surface area contributed by atoms with Gasteiger partial charge in [-0.05, 0) is 6.42 Å². The Bertz CT molecular complexity index is 354. The van der Waals surface area contributed by atoms with E-state index in [0.29, 0.717) is 19.0 Å². The molecule has 6 heteroatoms. The second-order valence-corrected chi connectivity index (χ2v) is 2.77. The summed E-state index contributed by atoms with van der Waals surface area (Å²) in [7, 11) is 1.62. The van der Waals surface area contributed by atoms with E-state index in [2.05, 4.69) is 15.3 Å². The van der Waals surface area contributed by atoms with E-state index < -0.39 is 11.2 Å². The van der Waals surface area contributed by atoms with Crippen molar-refractivity contribution in [1.29, 1.82) is 0 Å². The number of rotatable bonds is 5. The smallest absolute Gasteiger partial charge is 0.327 e. The molecule has 0 aliphatic rings. The van der Waals surface area contributed by atoms with Gasteiger partial charge in [0.25, 0.3) is 5.56 Å². The first kappa shape index (κ1) is 10.5. The number of H-pyrrole nitrogens is 2. The van der Waals surface area contributed by atoms with Crippen molar-refractivity contribution in [2.45, 2.75) is 6.42 Å². The Labute approximate surface area is 80.3 Å². The lowest BCUT2D eigenvalue weighted by molar-refractivity contribution is 0.197. The summed E-state index contributed by atoms with van der Waals surface area (Å²) in [6.07, 6.45) is 0.811. The molecule has 0 aliphatic carbocycles. The largest absolute Gasteiger partial charge is 0.385 e. The van der Waals surface area contributed by atoms with Gasteiger partial charge < -0.3 is 10.1 Å². The highest BCUT2D eigenvalue weighted by Gasteiger charge is 1.94. The fourth-order valence-corrected chi connectivity index (χ4v) is 1.00. The fraction of sp³-hybridized carbons (Fsp3) is 0.500. The molecule has 1 heterocycles. The van der Waals surface area contributed by atoms with Gasteiger partial charge in [0.2, 0.25) is 0 Å². The highest BCUT2D eigenvalue weighted by Crippen LogP contribution is 1.92. The van der Waals surface area contributed by atoms with Crippen LogP contribution >= 0.6 is 0 Å². The summed E-state index contributed by atoms with van der Waals surface area (Å²) in [6, 6.07) is 1.30. The molecule has 0 spiro atoms. The fourth-order valence-electron chi connectivity index (χ4n) is 1.00. The summed E-state index contributed by atoms with van der Waals surface area (Å²) in [5.74, 6) is 0.426. The van der Waals surface area contributed by atoms with Crippen LogP contribution < -0.4 is 16.6 Å². The lowest BCUT2D eigenvalue weighted by Gasteiger charge is -2.03. The van der Waals surface area contributed by atoms with Crippen LogP contribution in [-0.4, -0.2) is 30.2 Å². The van der Waals surface area contributed by atoms with Crippen molar-refractivity contribution in [2.75, 3.05) is 25.6 Å². The molecule has 3 N–H and O–H groups in total. The highest BCUT2D eigenvalue weighted by atomic mass is 16.5. The van der Waals surface area contributed by atoms with Gasteiger partial charge in [-0.2, -0.15) is 0 Å². The Morgan fingerprint density at radius 1 is 1.43 bits per heavy atom. The van der Waals surface area contributed by atoms with Crippen molar-refractivity contribution in [3.63, 3.8) is 0 Å². The monoisotopic (exact) mass is 199 g/mol. The Kier molecular flexibility index (Phi) is 3.93. The van der Waals surface area contributed by atoms with Gasteiger partial charge in [0.1, 0.15) is 5.82 Å². The molecule has 0 aromatic carbocycles. The first-order chi connectivity index (χ1) is 6.72. The number of aromatic nitrogens is 2. The van der Waals surface area contributed by atoms with Gasteiger partial charge in [-0.25, -0.2) is 4.79 Å². The van der Waals surface area contributed by atoms with Crippen LogP contribution in [0.1, 0.15) is 6.42 Å². The third kappa shape index (κ3) is 3.44. The van der Waals surface area contributed by atoms with Crippen LogP contribution in [0.2, 0.25) is 0 Å². The van der Waals surface area contributed by atoms with Crippen LogP contribution in [0.4, 0.5) is 5.82 Å². The summed E-state index contributed by atoms with van der Waals surface area (Å²) in [5, 5.41) is 2.91. The molecule has 1 aromatic heterocycles. The molecule has 0 atom stereocenters. The number of methoxy groups -OCH3 is 1. The molecule has 78 valence electrons. The van der Waals surface area contributed by atoms with Gasteiger partial charge in [-0.3, -0.25) is 14.8 Å². The minimum atomic E-state index is -0.508. The first-order valence-corrected chi connectivity index (χ1v) is 4.29. The Hall–Kier alpha value is -1.56. The van der Waals surface area contributed by atoms with Crippen molar-refractivity contribution in [2.24, 2.45) is 0 Å². The Balaban J connectivity index is 2.51. The van der Waals surface area contributed by atoms with Crippen molar-refractivity contribution >= 4 is 5.82 Å². The second kappa shape index (κ2) is 5.23. The zero-order chi connectivity index (χ0) is 10.4. The molecular weight excluding hydrogens is 186 g/mol. The zero-order valence-corrected chi connectivity index (χ0v) is 7.92. The van der Waals surface area contributed by atoms with E-state index in [9.17, 15) is 9.59 Å². The summed E-state index contributed by atoms with van der Waals surface area (Å²) in [6.45, 7) is 1.29. The number of nitrogens with one attached hydrogen (secondary N) is 3. The summed E-state index contributed by atoms with van der Waals surface area (Å²) >= 11 is 0. The first-order valence-electron chi connectivity index (χ1n) is 4.29. The van der Waals surface area contributed by atoms with Gasteiger partial charge in [0.15, 0.2) is 0 Å². The van der Waals surface area contributed by atoms with Crippen LogP contribution in [0, 0.1) is 0 Å². The average molecular weight is 199 g/mol. The summed E-state index contributed by atoms with van der Waals surface area (Å²) in [5.41, 5.74) is -0.922. The minimum Gasteiger partial charge on any atom is -0.385 e. The van der Waals surface area contributed by atoms with Gasteiger partial charge in [-0.1, -0.05) is 0 Å². The molecule has 0 aliphatic heterocycles. The van der Waals surface area contributed by atoms with E-state index in [1.807, 2.05) is 0 Å². The molecule has 1 aromatic rings. The highest BCUT2D eigenvalue weighted by molar-refractivity contribution is 5.31. The average Bonchev–Trinajstić information content (AvgIpc) is 2.11. The molecule has 0 bridgehead atoms. The number of ether oxygens (including phenoxy) is 1. The Morgan fingerprint density at radius 3 is 2.86 bits per heavy atom. The summed E-state index contributed by atoms with van der Waals surface area (Å²) < 4.78 is 4.85. The van der Waals surface area contributed by atoms with Gasteiger partial charge in [0.05, 0.1) is 0 Å². The third-order valence-electron chi connectivity index (χ3n) is 1.60. The van der Waals surface area contributed by atoms with Crippen LogP contribution in [0.3, 0.4) is 0 Å². The molecule has 0 saturated heterocycles. The minimum absolute atomic E-state index is 0.414. The molecule has 0 radical (unpaired) electrons. The predicted molar refractivity (Wildman–Crippen MR) is 52.7 cm³/mol. The van der Waals surface area contributed by atoms with E-state index in [-0.39, 0.29) is 0 Å². The number of hydrogen-bond acceptors (Lipinski definition) is 4. The van der Waals surface area contributed by atoms with Gasteiger partial charge in [-0.15, -0.1) is 0 Å². The third-order valence-corrected chi connectivity index (χ3v) is 1.60. The van der Waals surface area contributed by atoms with E-state index in [1.165, 1.54) is 6.07 Å². The molecule has 1 rings (SSSR count). The summed E-state index contributed by atoms with van der Waals surface area (Å²) in [4.78, 5) is 26.2. The van der Waals surface area contributed by atoms with Gasteiger partial charge in [0, 0.05) is 26.3 Å². The van der Waals surface area contributed by atoms with Crippen LogP contribution in [0.25, 0.3) is 0 Å². The maximum absolute atomic E-state index is 10.9. The number of aromatic amines is 2. The Morgan fingerprint density at radius 2 is 2.21 bits per heavy atom. The molecule has 0 fully saturated rings. The molecule has 14 heavy (non-hydrogen) atoms. The number of anilines is 1. The van der Waals surface area contributed by atoms with Crippen molar-refractivity contribution in [1.82, 2.24) is 9.97 Å². The molecule has 0 unspecified atom stereocenters. The van der Waals surface area contributed by atoms with E-state index in [0.717, 1.165) is 6.42 Å². The number of hydrogen-bond donors (Lipinski definition) is 3. The maximum Gasteiger partial charge on any atom is 0.327 e. The van der Waals surface area contributed by atoms with E-state index in [4.69, 9.17) is 4.74 Å². The second-order valence-electron chi connectivity index (χ2n) is 2.77. The van der Waals surface area contributed by atoms with Crippen LogP contribution in [0.15, 0.2) is 15.7 Å². The lowest BCUT2D eigenvalue weighted by atomic mass is 10.4. The topological polar surface area (TPSA) is 87.0 Å². The molecular formula is C8H13N3O3. The predicted octanol–water partition coefficient (Wildman–Crippen LogP) is -0.488. The zero-order valence-electron chi connectivity index (χ0n) is 7.92. The normalized spacial score (nSPS) is 10.1. The maximum atomic E-state index is 10.9. The standard InChI is InChI=1S/C8H13N3O3/c1-14-4-2-3-9-6-5-7(12)11-8(13)10-6/h5H,2-4H2,1H3,(H3,9,10,11,12,13). The molecule has 0 saturated carbocycles. The van der Waals surface area contributed by atoms with Crippen molar-refractivity contribution in [3.8, 4) is 0 Å². The molecule has 0 amide bonds. The van der Waals surface area contributed by atoms with Crippen molar-refractivity contribution < 1.29 is 4.74 Å². The van der Waals surface area contributed by atoms with Crippen LogP contribution in [-0.2, 0) is 4.74 Å². The SMILES string of the molecule is COCCCNc1cc(=O)[nH]c(=O)[nH]1. The van der Waals surface area contributed by atoms with E-state index >= 15 is 0 Å². The van der Waals surface area contributed by atoms with E-state index in [1.54, 1.807) is 7.11 Å². The van der Waals surface area contributed by atoms with Gasteiger partial charge >= 0.3 is 5.69 Å². The quantitative estimate of drug-likeness (QED) is 0.558. The lowest BCUT2D eigenvalue weighted by Crippen LogP contribution is -2.23. The van der Waals surface area contributed by atoms with Crippen molar-refractivity contribution in [3.05, 3.63) is 26.9 Å². The molecule has 6 nitrogen and oxygen atoms in total. The van der Waals surface area contributed by atoms with Crippen LogP contribution in [0.5, 0.6) is 0 Å².